The summed E-state index contributed by atoms with van der Waals surface area (Å²) in [6.45, 7) is 1.29. The van der Waals surface area contributed by atoms with E-state index < -0.39 is 0 Å². The highest BCUT2D eigenvalue weighted by Gasteiger charge is 2.20. The first kappa shape index (κ1) is 20.3. The molecule has 1 saturated heterocycles. The molecule has 152 valence electrons. The van der Waals surface area contributed by atoms with E-state index in [0.717, 1.165) is 25.1 Å². The molecule has 1 N–H and O–H groups in total. The normalized spacial score (nSPS) is 16.3. The molecule has 0 aliphatic carbocycles. The van der Waals surface area contributed by atoms with Crippen LogP contribution in [0.15, 0.2) is 46.2 Å². The second-order valence-corrected chi connectivity index (χ2v) is 8.20. The standard InChI is InChI=1S/C19H18Cl2N4O3S/c20-14-6-5-12(9-15(14)21)25-18(16-4-2-8-28-16)23-24-19(25)29-11-17(26)22-10-13-3-1-7-27-13/h2,4-6,8-9,13H,1,3,7,10-11H2,(H,22,26). The summed E-state index contributed by atoms with van der Waals surface area (Å²) in [6, 6.07) is 8.80. The maximum Gasteiger partial charge on any atom is 0.230 e. The van der Waals surface area contributed by atoms with Gasteiger partial charge in [-0.15, -0.1) is 10.2 Å². The molecule has 3 aromatic rings. The molecule has 7 nitrogen and oxygen atoms in total. The van der Waals surface area contributed by atoms with Crippen molar-refractivity contribution in [1.82, 2.24) is 20.1 Å². The second-order valence-electron chi connectivity index (χ2n) is 6.45. The lowest BCUT2D eigenvalue weighted by molar-refractivity contribution is -0.119. The van der Waals surface area contributed by atoms with Crippen LogP contribution in [0.3, 0.4) is 0 Å². The maximum atomic E-state index is 12.3. The molecule has 0 bridgehead atoms. The Morgan fingerprint density at radius 1 is 1.28 bits per heavy atom. The summed E-state index contributed by atoms with van der Waals surface area (Å²) >= 11 is 13.5. The van der Waals surface area contributed by atoms with Gasteiger partial charge in [0.2, 0.25) is 11.7 Å². The minimum absolute atomic E-state index is 0.0891. The summed E-state index contributed by atoms with van der Waals surface area (Å²) in [6.07, 6.45) is 3.69. The molecular weight excluding hydrogens is 435 g/mol. The van der Waals surface area contributed by atoms with E-state index in [9.17, 15) is 4.79 Å². The maximum absolute atomic E-state index is 12.3. The first-order valence-corrected chi connectivity index (χ1v) is 10.8. The van der Waals surface area contributed by atoms with E-state index in [1.165, 1.54) is 11.8 Å². The molecule has 0 saturated carbocycles. The number of ether oxygens (including phenoxy) is 1. The van der Waals surface area contributed by atoms with Crippen LogP contribution in [0.2, 0.25) is 10.0 Å². The molecule has 2 aromatic heterocycles. The molecule has 0 radical (unpaired) electrons. The summed E-state index contributed by atoms with van der Waals surface area (Å²) in [5.74, 6) is 1.17. The fraction of sp³-hybridized carbons (Fsp3) is 0.316. The number of carbonyl (C=O) groups is 1. The van der Waals surface area contributed by atoms with Crippen LogP contribution in [-0.2, 0) is 9.53 Å². The number of thioether (sulfide) groups is 1. The van der Waals surface area contributed by atoms with Gasteiger partial charge in [-0.2, -0.15) is 0 Å². The van der Waals surface area contributed by atoms with Gasteiger partial charge in [-0.3, -0.25) is 9.36 Å². The van der Waals surface area contributed by atoms with Gasteiger partial charge < -0.3 is 14.5 Å². The molecule has 1 unspecified atom stereocenters. The molecule has 1 aromatic carbocycles. The Labute approximate surface area is 181 Å². The van der Waals surface area contributed by atoms with Crippen molar-refractivity contribution in [2.24, 2.45) is 0 Å². The summed E-state index contributed by atoms with van der Waals surface area (Å²) < 4.78 is 12.8. The summed E-state index contributed by atoms with van der Waals surface area (Å²) in [4.78, 5) is 12.3. The molecule has 3 heterocycles. The minimum atomic E-state index is -0.0891. The zero-order chi connectivity index (χ0) is 20.2. The average molecular weight is 453 g/mol. The van der Waals surface area contributed by atoms with Crippen molar-refractivity contribution in [2.75, 3.05) is 18.9 Å². The lowest BCUT2D eigenvalue weighted by Gasteiger charge is -2.12. The Morgan fingerprint density at radius 2 is 2.17 bits per heavy atom. The smallest absolute Gasteiger partial charge is 0.230 e. The van der Waals surface area contributed by atoms with Crippen LogP contribution in [0.4, 0.5) is 0 Å². The van der Waals surface area contributed by atoms with E-state index in [2.05, 4.69) is 15.5 Å². The van der Waals surface area contributed by atoms with Crippen molar-refractivity contribution in [3.8, 4) is 17.3 Å². The van der Waals surface area contributed by atoms with Crippen molar-refractivity contribution >= 4 is 40.9 Å². The number of furan rings is 1. The van der Waals surface area contributed by atoms with E-state index in [4.69, 9.17) is 32.4 Å². The van der Waals surface area contributed by atoms with Gasteiger partial charge in [0.1, 0.15) is 0 Å². The number of nitrogens with zero attached hydrogens (tertiary/aromatic N) is 3. The highest BCUT2D eigenvalue weighted by molar-refractivity contribution is 7.99. The van der Waals surface area contributed by atoms with E-state index in [1.807, 2.05) is 6.07 Å². The van der Waals surface area contributed by atoms with Crippen LogP contribution >= 0.6 is 35.0 Å². The Bertz CT molecular complexity index is 988. The lowest BCUT2D eigenvalue weighted by atomic mass is 10.2. The van der Waals surface area contributed by atoms with Gasteiger partial charge >= 0.3 is 0 Å². The number of benzene rings is 1. The number of halogens is 2. The van der Waals surface area contributed by atoms with Crippen LogP contribution in [0.5, 0.6) is 0 Å². The largest absolute Gasteiger partial charge is 0.461 e. The van der Waals surface area contributed by atoms with Gasteiger partial charge in [0.25, 0.3) is 0 Å². The number of nitrogens with one attached hydrogen (secondary N) is 1. The Hall–Kier alpha value is -2.00. The lowest BCUT2D eigenvalue weighted by Crippen LogP contribution is -2.32. The first-order valence-electron chi connectivity index (χ1n) is 9.07. The van der Waals surface area contributed by atoms with Crippen LogP contribution < -0.4 is 5.32 Å². The Morgan fingerprint density at radius 3 is 2.90 bits per heavy atom. The highest BCUT2D eigenvalue weighted by Crippen LogP contribution is 2.31. The predicted molar refractivity (Wildman–Crippen MR) is 112 cm³/mol. The monoisotopic (exact) mass is 452 g/mol. The SMILES string of the molecule is O=C(CSc1nnc(-c2ccco2)n1-c1ccc(Cl)c(Cl)c1)NCC1CCCO1. The molecule has 1 aliphatic rings. The van der Waals surface area contributed by atoms with Crippen LogP contribution in [0, 0.1) is 0 Å². The highest BCUT2D eigenvalue weighted by atomic mass is 35.5. The van der Waals surface area contributed by atoms with Gasteiger partial charge in [0.15, 0.2) is 10.9 Å². The number of rotatable bonds is 7. The summed E-state index contributed by atoms with van der Waals surface area (Å²) in [5, 5.41) is 12.8. The van der Waals surface area contributed by atoms with Gasteiger partial charge in [-0.25, -0.2) is 0 Å². The van der Waals surface area contributed by atoms with Gasteiger partial charge in [-0.1, -0.05) is 35.0 Å². The Kier molecular flexibility index (Phi) is 6.44. The molecule has 1 aliphatic heterocycles. The van der Waals surface area contributed by atoms with E-state index in [0.29, 0.717) is 33.3 Å². The third-order valence-electron chi connectivity index (χ3n) is 4.42. The zero-order valence-corrected chi connectivity index (χ0v) is 17.6. The number of hydrogen-bond donors (Lipinski definition) is 1. The van der Waals surface area contributed by atoms with Crippen LogP contribution in [0.25, 0.3) is 17.3 Å². The van der Waals surface area contributed by atoms with E-state index >= 15 is 0 Å². The molecule has 4 rings (SSSR count). The zero-order valence-electron chi connectivity index (χ0n) is 15.3. The van der Waals surface area contributed by atoms with Gasteiger partial charge in [0.05, 0.1) is 33.9 Å². The molecule has 0 spiro atoms. The quantitative estimate of drug-likeness (QED) is 0.540. The summed E-state index contributed by atoms with van der Waals surface area (Å²) in [5.41, 5.74) is 0.720. The van der Waals surface area contributed by atoms with Crippen molar-refractivity contribution in [3.63, 3.8) is 0 Å². The van der Waals surface area contributed by atoms with Crippen molar-refractivity contribution in [3.05, 3.63) is 46.6 Å². The number of amides is 1. The van der Waals surface area contributed by atoms with Crippen molar-refractivity contribution in [2.45, 2.75) is 24.1 Å². The molecular formula is C19H18Cl2N4O3S. The number of hydrogen-bond acceptors (Lipinski definition) is 6. The Balaban J connectivity index is 1.53. The van der Waals surface area contributed by atoms with Gasteiger partial charge in [0, 0.05) is 13.2 Å². The topological polar surface area (TPSA) is 82.2 Å². The van der Waals surface area contributed by atoms with Gasteiger partial charge in [-0.05, 0) is 43.2 Å². The third-order valence-corrected chi connectivity index (χ3v) is 6.09. The van der Waals surface area contributed by atoms with Crippen molar-refractivity contribution < 1.29 is 13.9 Å². The predicted octanol–water partition coefficient (Wildman–Crippen LogP) is 4.22. The van der Waals surface area contributed by atoms with E-state index in [-0.39, 0.29) is 17.8 Å². The third kappa shape index (κ3) is 4.78. The first-order chi connectivity index (χ1) is 14.1. The molecule has 1 atom stereocenters. The average Bonchev–Trinajstić information content (AvgIpc) is 3.47. The van der Waals surface area contributed by atoms with Crippen LogP contribution in [-0.4, -0.2) is 45.7 Å². The number of aromatic nitrogens is 3. The summed E-state index contributed by atoms with van der Waals surface area (Å²) in [7, 11) is 0. The van der Waals surface area contributed by atoms with Crippen molar-refractivity contribution in [1.29, 1.82) is 0 Å². The van der Waals surface area contributed by atoms with Crippen LogP contribution in [0.1, 0.15) is 12.8 Å². The van der Waals surface area contributed by atoms with E-state index in [1.54, 1.807) is 35.1 Å². The molecule has 1 amide bonds. The molecule has 29 heavy (non-hydrogen) atoms. The second kappa shape index (κ2) is 9.21. The molecule has 1 fully saturated rings. The fourth-order valence-electron chi connectivity index (χ4n) is 3.00. The number of carbonyl (C=O) groups excluding carboxylic acids is 1. The fourth-order valence-corrected chi connectivity index (χ4v) is 4.07. The minimum Gasteiger partial charge on any atom is -0.461 e. The molecule has 10 heteroatoms.